The summed E-state index contributed by atoms with van der Waals surface area (Å²) in [6.45, 7) is 0. The largest absolute Gasteiger partial charge is 0.281 e. The number of anilines is 1. The van der Waals surface area contributed by atoms with Crippen LogP contribution in [0.5, 0.6) is 0 Å². The van der Waals surface area contributed by atoms with Crippen LogP contribution in [0.1, 0.15) is 10.4 Å². The van der Waals surface area contributed by atoms with Gasteiger partial charge in [-0.05, 0) is 36.4 Å². The van der Waals surface area contributed by atoms with Crippen molar-refractivity contribution in [3.05, 3.63) is 78.5 Å². The fourth-order valence-electron chi connectivity index (χ4n) is 2.49. The van der Waals surface area contributed by atoms with Gasteiger partial charge in [-0.1, -0.05) is 18.2 Å². The molecule has 0 unspecified atom stereocenters. The van der Waals surface area contributed by atoms with E-state index in [-0.39, 0.29) is 11.7 Å². The van der Waals surface area contributed by atoms with Gasteiger partial charge in [-0.25, -0.2) is 19.0 Å². The van der Waals surface area contributed by atoms with Crippen LogP contribution in [0.3, 0.4) is 0 Å². The summed E-state index contributed by atoms with van der Waals surface area (Å²) in [5.41, 5.74) is 7.11. The highest BCUT2D eigenvalue weighted by Gasteiger charge is 2.12. The molecule has 7 nitrogen and oxygen atoms in total. The van der Waals surface area contributed by atoms with Gasteiger partial charge in [-0.3, -0.25) is 15.6 Å². The minimum absolute atomic E-state index is 0.289. The van der Waals surface area contributed by atoms with Crippen LogP contribution < -0.4 is 10.9 Å². The van der Waals surface area contributed by atoms with Crippen molar-refractivity contribution >= 4 is 22.8 Å². The van der Waals surface area contributed by atoms with E-state index in [1.54, 1.807) is 47.3 Å². The maximum Gasteiger partial charge on any atom is 0.269 e. The van der Waals surface area contributed by atoms with Gasteiger partial charge in [0.25, 0.3) is 5.91 Å². The van der Waals surface area contributed by atoms with Gasteiger partial charge in [0.05, 0.1) is 17.3 Å². The molecule has 2 heterocycles. The van der Waals surface area contributed by atoms with Crippen molar-refractivity contribution in [2.24, 2.45) is 0 Å². The lowest BCUT2D eigenvalue weighted by Gasteiger charge is -2.08. The lowest BCUT2D eigenvalue weighted by Crippen LogP contribution is -2.29. The standard InChI is InChI=1S/C18H13FN6O/c19-13-6-8-14(9-7-13)25-17-15(10-22-25)16(20-11-21-17)23-24-18(26)12-4-2-1-3-5-12/h1-11H,(H,24,26)(H,20,21,23). The Bertz CT molecular complexity index is 1060. The van der Waals surface area contributed by atoms with Crippen molar-refractivity contribution in [1.29, 1.82) is 0 Å². The highest BCUT2D eigenvalue weighted by Crippen LogP contribution is 2.21. The Hall–Kier alpha value is -3.81. The molecular weight excluding hydrogens is 335 g/mol. The molecule has 2 aromatic carbocycles. The Morgan fingerprint density at radius 1 is 1.00 bits per heavy atom. The van der Waals surface area contributed by atoms with Gasteiger partial charge < -0.3 is 0 Å². The highest BCUT2D eigenvalue weighted by atomic mass is 19.1. The number of nitrogens with zero attached hydrogens (tertiary/aromatic N) is 4. The molecule has 0 radical (unpaired) electrons. The Balaban J connectivity index is 1.61. The smallest absolute Gasteiger partial charge is 0.269 e. The van der Waals surface area contributed by atoms with E-state index >= 15 is 0 Å². The van der Waals surface area contributed by atoms with Crippen molar-refractivity contribution in [2.45, 2.75) is 0 Å². The second kappa shape index (κ2) is 6.60. The summed E-state index contributed by atoms with van der Waals surface area (Å²) in [7, 11) is 0. The Labute approximate surface area is 147 Å². The third kappa shape index (κ3) is 2.95. The summed E-state index contributed by atoms with van der Waals surface area (Å²) in [6, 6.07) is 14.7. The number of carbonyl (C=O) groups is 1. The van der Waals surface area contributed by atoms with Crippen LogP contribution in [-0.4, -0.2) is 25.7 Å². The quantitative estimate of drug-likeness (QED) is 0.554. The zero-order valence-corrected chi connectivity index (χ0v) is 13.4. The van der Waals surface area contributed by atoms with E-state index in [9.17, 15) is 9.18 Å². The summed E-state index contributed by atoms with van der Waals surface area (Å²) in [4.78, 5) is 20.5. The third-order valence-electron chi connectivity index (χ3n) is 3.77. The van der Waals surface area contributed by atoms with Gasteiger partial charge in [0.1, 0.15) is 12.1 Å². The van der Waals surface area contributed by atoms with E-state index in [0.29, 0.717) is 28.1 Å². The van der Waals surface area contributed by atoms with Gasteiger partial charge in [-0.15, -0.1) is 0 Å². The average Bonchev–Trinajstić information content (AvgIpc) is 3.12. The molecule has 0 aliphatic heterocycles. The predicted molar refractivity (Wildman–Crippen MR) is 94.1 cm³/mol. The molecule has 2 aromatic heterocycles. The topological polar surface area (TPSA) is 84.7 Å². The Morgan fingerprint density at radius 3 is 2.54 bits per heavy atom. The van der Waals surface area contributed by atoms with Crippen LogP contribution in [0.4, 0.5) is 10.2 Å². The van der Waals surface area contributed by atoms with E-state index in [0.717, 1.165) is 0 Å². The SMILES string of the molecule is O=C(NNc1ncnc2c1cnn2-c1ccc(F)cc1)c1ccccc1. The number of carbonyl (C=O) groups excluding carboxylic acids is 1. The van der Waals surface area contributed by atoms with Crippen molar-refractivity contribution in [3.63, 3.8) is 0 Å². The van der Waals surface area contributed by atoms with Crippen LogP contribution in [0.25, 0.3) is 16.7 Å². The molecule has 0 aliphatic carbocycles. The molecule has 26 heavy (non-hydrogen) atoms. The summed E-state index contributed by atoms with van der Waals surface area (Å²) in [6.07, 6.45) is 2.94. The summed E-state index contributed by atoms with van der Waals surface area (Å²) < 4.78 is 14.7. The van der Waals surface area contributed by atoms with Crippen molar-refractivity contribution < 1.29 is 9.18 Å². The second-order valence-electron chi connectivity index (χ2n) is 5.44. The molecule has 0 saturated heterocycles. The van der Waals surface area contributed by atoms with Gasteiger partial charge in [-0.2, -0.15) is 5.10 Å². The number of nitrogens with one attached hydrogen (secondary N) is 2. The fourth-order valence-corrected chi connectivity index (χ4v) is 2.49. The third-order valence-corrected chi connectivity index (χ3v) is 3.77. The lowest BCUT2D eigenvalue weighted by molar-refractivity contribution is 0.0962. The zero-order chi connectivity index (χ0) is 17.9. The first-order chi connectivity index (χ1) is 12.7. The van der Waals surface area contributed by atoms with Crippen LogP contribution in [0.15, 0.2) is 67.1 Å². The molecular formula is C18H13FN6O. The summed E-state index contributed by atoms with van der Waals surface area (Å²) in [5.74, 6) is -0.207. The number of benzene rings is 2. The molecule has 4 aromatic rings. The van der Waals surface area contributed by atoms with Crippen LogP contribution >= 0.6 is 0 Å². The first-order valence-electron chi connectivity index (χ1n) is 7.78. The first-order valence-corrected chi connectivity index (χ1v) is 7.78. The number of aromatic nitrogens is 4. The van der Waals surface area contributed by atoms with Gasteiger partial charge in [0, 0.05) is 5.56 Å². The van der Waals surface area contributed by atoms with E-state index in [1.165, 1.54) is 18.5 Å². The molecule has 0 bridgehead atoms. The van der Waals surface area contributed by atoms with Gasteiger partial charge in [0.2, 0.25) is 0 Å². The van der Waals surface area contributed by atoms with Crippen molar-refractivity contribution in [3.8, 4) is 5.69 Å². The fraction of sp³-hybridized carbons (Fsp3) is 0. The average molecular weight is 348 g/mol. The molecule has 128 valence electrons. The molecule has 1 amide bonds. The van der Waals surface area contributed by atoms with Gasteiger partial charge >= 0.3 is 0 Å². The van der Waals surface area contributed by atoms with Crippen LogP contribution in [-0.2, 0) is 0 Å². The maximum atomic E-state index is 13.1. The number of hydrogen-bond acceptors (Lipinski definition) is 5. The highest BCUT2D eigenvalue weighted by molar-refractivity contribution is 5.96. The minimum Gasteiger partial charge on any atom is -0.281 e. The number of hydrazine groups is 1. The molecule has 0 spiro atoms. The number of amides is 1. The monoisotopic (exact) mass is 348 g/mol. The number of rotatable bonds is 4. The summed E-state index contributed by atoms with van der Waals surface area (Å²) >= 11 is 0. The second-order valence-corrected chi connectivity index (χ2v) is 5.44. The molecule has 0 aliphatic rings. The van der Waals surface area contributed by atoms with E-state index in [2.05, 4.69) is 25.9 Å². The Kier molecular flexibility index (Phi) is 3.98. The van der Waals surface area contributed by atoms with E-state index < -0.39 is 0 Å². The Morgan fingerprint density at radius 2 is 1.77 bits per heavy atom. The molecule has 0 saturated carbocycles. The molecule has 8 heteroatoms. The molecule has 0 fully saturated rings. The minimum atomic E-state index is -0.328. The van der Waals surface area contributed by atoms with Crippen LogP contribution in [0, 0.1) is 5.82 Å². The van der Waals surface area contributed by atoms with Crippen LogP contribution in [0.2, 0.25) is 0 Å². The predicted octanol–water partition coefficient (Wildman–Crippen LogP) is 2.71. The number of hydrogen-bond donors (Lipinski definition) is 2. The maximum absolute atomic E-state index is 13.1. The molecule has 0 atom stereocenters. The lowest BCUT2D eigenvalue weighted by atomic mass is 10.2. The van der Waals surface area contributed by atoms with E-state index in [1.807, 2.05) is 6.07 Å². The normalized spacial score (nSPS) is 10.7. The number of halogens is 1. The summed E-state index contributed by atoms with van der Waals surface area (Å²) in [5, 5.41) is 4.90. The molecule has 2 N–H and O–H groups in total. The van der Waals surface area contributed by atoms with E-state index in [4.69, 9.17) is 0 Å². The first kappa shape index (κ1) is 15.7. The van der Waals surface area contributed by atoms with Gasteiger partial charge in [0.15, 0.2) is 11.5 Å². The zero-order valence-electron chi connectivity index (χ0n) is 13.4. The molecule has 4 rings (SSSR count). The number of fused-ring (bicyclic) bond motifs is 1. The van der Waals surface area contributed by atoms with Crippen molar-refractivity contribution in [2.75, 3.05) is 5.43 Å². The van der Waals surface area contributed by atoms with Crippen molar-refractivity contribution in [1.82, 2.24) is 25.2 Å².